The van der Waals surface area contributed by atoms with E-state index in [2.05, 4.69) is 16.9 Å². The summed E-state index contributed by atoms with van der Waals surface area (Å²) in [5.41, 5.74) is 10.7. The zero-order valence-electron chi connectivity index (χ0n) is 14.5. The van der Waals surface area contributed by atoms with Gasteiger partial charge in [0.1, 0.15) is 17.4 Å². The number of nitrogen functional groups attached to an aromatic ring is 2. The summed E-state index contributed by atoms with van der Waals surface area (Å²) in [6.07, 6.45) is 4.97. The van der Waals surface area contributed by atoms with E-state index in [4.69, 9.17) is 27.8 Å². The van der Waals surface area contributed by atoms with Crippen molar-refractivity contribution in [3.63, 3.8) is 0 Å². The van der Waals surface area contributed by atoms with Crippen molar-refractivity contribution in [1.82, 2.24) is 9.97 Å². The first-order valence-electron chi connectivity index (χ1n) is 7.32. The Morgan fingerprint density at radius 3 is 1.96 bits per heavy atom. The standard InChI is InChI=1S/C8H12N2O.C5H5ClN2.C3H7O.Na/c1-2-5-11-7-3-4-10-8(9)6-7;6-4-1-2-8-5(7)3-4;1-2-3-4;/h3-4,6H,2,5H2,1H3,(H2,9,10);1-3H,(H2,7,8);2-3H2,1H3;/q;;-1;+1. The molecule has 0 aromatic carbocycles. The van der Waals surface area contributed by atoms with Crippen molar-refractivity contribution in [3.05, 3.63) is 41.7 Å². The van der Waals surface area contributed by atoms with Gasteiger partial charge in [-0.1, -0.05) is 31.9 Å². The van der Waals surface area contributed by atoms with Gasteiger partial charge in [0.05, 0.1) is 6.61 Å². The van der Waals surface area contributed by atoms with E-state index in [9.17, 15) is 5.11 Å². The van der Waals surface area contributed by atoms with Gasteiger partial charge in [0.15, 0.2) is 0 Å². The Balaban J connectivity index is 0. The zero-order valence-corrected chi connectivity index (χ0v) is 17.3. The number of rotatable bonds is 4. The van der Waals surface area contributed by atoms with Crippen molar-refractivity contribution in [1.29, 1.82) is 0 Å². The maximum Gasteiger partial charge on any atom is 1.00 e. The molecule has 0 saturated heterocycles. The van der Waals surface area contributed by atoms with Crippen LogP contribution >= 0.6 is 11.6 Å². The third kappa shape index (κ3) is 14.5. The Kier molecular flexibility index (Phi) is 17.6. The fraction of sp³-hybridized carbons (Fsp3) is 0.375. The van der Waals surface area contributed by atoms with Crippen LogP contribution < -0.4 is 50.9 Å². The predicted molar refractivity (Wildman–Crippen MR) is 93.3 cm³/mol. The van der Waals surface area contributed by atoms with Crippen molar-refractivity contribution < 1.29 is 39.4 Å². The van der Waals surface area contributed by atoms with Crippen LogP contribution in [0.2, 0.25) is 5.02 Å². The molecule has 4 N–H and O–H groups in total. The number of halogens is 1. The molecule has 0 aliphatic rings. The Hall–Kier alpha value is -1.05. The number of nitrogens with zero attached hydrogens (tertiary/aromatic N) is 2. The molecule has 0 unspecified atom stereocenters. The molecule has 2 heterocycles. The molecule has 128 valence electrons. The average Bonchev–Trinajstić information content (AvgIpc) is 2.53. The van der Waals surface area contributed by atoms with Gasteiger partial charge in [0.25, 0.3) is 0 Å². The predicted octanol–water partition coefficient (Wildman–Crippen LogP) is -0.469. The van der Waals surface area contributed by atoms with Gasteiger partial charge in [-0.15, -0.1) is 6.61 Å². The maximum atomic E-state index is 9.30. The molecule has 0 spiro atoms. The summed E-state index contributed by atoms with van der Waals surface area (Å²) in [5.74, 6) is 1.75. The summed E-state index contributed by atoms with van der Waals surface area (Å²) in [5, 5.41) is 9.92. The van der Waals surface area contributed by atoms with Gasteiger partial charge in [-0.3, -0.25) is 0 Å². The van der Waals surface area contributed by atoms with E-state index < -0.39 is 0 Å². The van der Waals surface area contributed by atoms with Crippen molar-refractivity contribution in [3.8, 4) is 5.75 Å². The zero-order chi connectivity index (χ0) is 17.5. The molecule has 0 saturated carbocycles. The van der Waals surface area contributed by atoms with E-state index in [-0.39, 0.29) is 36.2 Å². The number of hydrogen-bond acceptors (Lipinski definition) is 6. The van der Waals surface area contributed by atoms with Crippen LogP contribution in [0.4, 0.5) is 11.6 Å². The minimum absolute atomic E-state index is 0. The normalized spacial score (nSPS) is 8.67. The fourth-order valence-electron chi connectivity index (χ4n) is 1.16. The van der Waals surface area contributed by atoms with Crippen molar-refractivity contribution >= 4 is 23.2 Å². The van der Waals surface area contributed by atoms with E-state index in [0.29, 0.717) is 16.7 Å². The van der Waals surface area contributed by atoms with Gasteiger partial charge >= 0.3 is 29.6 Å². The molecule has 0 bridgehead atoms. The Morgan fingerprint density at radius 2 is 1.58 bits per heavy atom. The second kappa shape index (κ2) is 16.8. The topological polar surface area (TPSA) is 110 Å². The number of nitrogens with two attached hydrogens (primary N) is 2. The van der Waals surface area contributed by atoms with E-state index in [1.807, 2.05) is 6.92 Å². The number of pyridine rings is 2. The number of anilines is 2. The second-order valence-corrected chi connectivity index (χ2v) is 4.80. The molecule has 8 heteroatoms. The SMILES string of the molecule is CCCOc1ccnc(N)c1.CCC[O-].Nc1cc(Cl)ccn1.[Na+]. The molecule has 0 atom stereocenters. The number of hydrogen-bond donors (Lipinski definition) is 2. The molecule has 2 aromatic heterocycles. The molecule has 0 aliphatic heterocycles. The molecule has 24 heavy (non-hydrogen) atoms. The van der Waals surface area contributed by atoms with Gasteiger partial charge < -0.3 is 21.3 Å². The molecule has 2 rings (SSSR count). The van der Waals surface area contributed by atoms with Crippen molar-refractivity contribution in [2.75, 3.05) is 24.7 Å². The molecule has 0 amide bonds. The van der Waals surface area contributed by atoms with Crippen LogP contribution in [-0.4, -0.2) is 23.2 Å². The Bertz CT molecular complexity index is 528. The first kappa shape index (κ1) is 25.2. The van der Waals surface area contributed by atoms with Gasteiger partial charge in [-0.05, 0) is 24.6 Å². The third-order valence-electron chi connectivity index (χ3n) is 2.17. The Labute approximate surface area is 170 Å². The van der Waals surface area contributed by atoms with Crippen LogP contribution in [0.25, 0.3) is 0 Å². The molecule has 0 radical (unpaired) electrons. The van der Waals surface area contributed by atoms with Crippen LogP contribution in [0.3, 0.4) is 0 Å². The van der Waals surface area contributed by atoms with E-state index >= 15 is 0 Å². The van der Waals surface area contributed by atoms with Crippen molar-refractivity contribution in [2.24, 2.45) is 0 Å². The number of aromatic nitrogens is 2. The largest absolute Gasteiger partial charge is 1.00 e. The van der Waals surface area contributed by atoms with Crippen LogP contribution in [0.5, 0.6) is 5.75 Å². The monoisotopic (exact) mass is 362 g/mol. The van der Waals surface area contributed by atoms with Gasteiger partial charge in [-0.25, -0.2) is 9.97 Å². The minimum atomic E-state index is 0. The fourth-order valence-corrected chi connectivity index (χ4v) is 1.33. The molecular weight excluding hydrogens is 339 g/mol. The average molecular weight is 363 g/mol. The summed E-state index contributed by atoms with van der Waals surface area (Å²) in [4.78, 5) is 7.58. The van der Waals surface area contributed by atoms with Crippen LogP contribution in [0, 0.1) is 0 Å². The molecule has 2 aromatic rings. The summed E-state index contributed by atoms with van der Waals surface area (Å²) < 4.78 is 5.32. The van der Waals surface area contributed by atoms with Crippen molar-refractivity contribution in [2.45, 2.75) is 26.7 Å². The summed E-state index contributed by atoms with van der Waals surface area (Å²) in [6.45, 7) is 4.72. The minimum Gasteiger partial charge on any atom is -0.854 e. The van der Waals surface area contributed by atoms with Crippen LogP contribution in [0.1, 0.15) is 26.7 Å². The summed E-state index contributed by atoms with van der Waals surface area (Å²) in [6, 6.07) is 6.79. The van der Waals surface area contributed by atoms with Gasteiger partial charge in [0, 0.05) is 23.5 Å². The third-order valence-corrected chi connectivity index (χ3v) is 2.41. The molecule has 6 nitrogen and oxygen atoms in total. The summed E-state index contributed by atoms with van der Waals surface area (Å²) in [7, 11) is 0. The van der Waals surface area contributed by atoms with Crippen LogP contribution in [0.15, 0.2) is 36.7 Å². The van der Waals surface area contributed by atoms with Crippen LogP contribution in [-0.2, 0) is 0 Å². The molecular formula is C16H24ClN4NaO2. The smallest absolute Gasteiger partial charge is 0.854 e. The quantitative estimate of drug-likeness (QED) is 0.711. The molecule has 0 aliphatic carbocycles. The first-order valence-corrected chi connectivity index (χ1v) is 7.70. The maximum absolute atomic E-state index is 9.30. The Morgan fingerprint density at radius 1 is 1.04 bits per heavy atom. The molecule has 0 fully saturated rings. The second-order valence-electron chi connectivity index (χ2n) is 4.37. The van der Waals surface area contributed by atoms with E-state index in [0.717, 1.165) is 25.2 Å². The first-order chi connectivity index (χ1) is 11.0. The van der Waals surface area contributed by atoms with Gasteiger partial charge in [0.2, 0.25) is 0 Å². The van der Waals surface area contributed by atoms with E-state index in [1.54, 1.807) is 36.7 Å². The number of ether oxygens (including phenoxy) is 1. The van der Waals surface area contributed by atoms with E-state index in [1.165, 1.54) is 0 Å². The van der Waals surface area contributed by atoms with Gasteiger partial charge in [-0.2, -0.15) is 0 Å². The summed E-state index contributed by atoms with van der Waals surface area (Å²) >= 11 is 5.52.